The Hall–Kier alpha value is -2.60. The molecule has 1 N–H and O–H groups in total. The highest BCUT2D eigenvalue weighted by Gasteiger charge is 2.21. The van der Waals surface area contributed by atoms with Gasteiger partial charge in [-0.1, -0.05) is 49.0 Å². The number of nitrogens with one attached hydrogen (secondary N) is 1. The van der Waals surface area contributed by atoms with Gasteiger partial charge < -0.3 is 5.32 Å². The monoisotopic (exact) mass is 353 g/mol. The van der Waals surface area contributed by atoms with Gasteiger partial charge in [-0.25, -0.2) is 4.98 Å². The van der Waals surface area contributed by atoms with Crippen molar-refractivity contribution in [1.29, 1.82) is 0 Å². The number of benzene rings is 2. The minimum absolute atomic E-state index is 0.0962. The Morgan fingerprint density at radius 3 is 2.56 bits per heavy atom. The molecule has 0 aliphatic carbocycles. The van der Waals surface area contributed by atoms with Gasteiger partial charge in [0.25, 0.3) is 5.56 Å². The topological polar surface area (TPSA) is 64.0 Å². The summed E-state index contributed by atoms with van der Waals surface area (Å²) < 4.78 is 1.51. The van der Waals surface area contributed by atoms with E-state index in [-0.39, 0.29) is 16.7 Å². The van der Waals surface area contributed by atoms with E-state index in [4.69, 9.17) is 0 Å². The maximum atomic E-state index is 12.6. The Morgan fingerprint density at radius 1 is 1.16 bits per heavy atom. The van der Waals surface area contributed by atoms with E-state index in [2.05, 4.69) is 10.3 Å². The molecule has 0 fully saturated rings. The fraction of sp³-hybridized carbons (Fsp3) is 0.211. The molecule has 1 atom stereocenters. The Labute approximate surface area is 150 Å². The average molecular weight is 353 g/mol. The van der Waals surface area contributed by atoms with Crippen LogP contribution in [0.5, 0.6) is 0 Å². The van der Waals surface area contributed by atoms with Crippen LogP contribution in [0.3, 0.4) is 0 Å². The molecule has 25 heavy (non-hydrogen) atoms. The number of anilines is 1. The Balaban J connectivity index is 1.86. The van der Waals surface area contributed by atoms with E-state index < -0.39 is 0 Å². The van der Waals surface area contributed by atoms with Crippen molar-refractivity contribution in [3.63, 3.8) is 0 Å². The summed E-state index contributed by atoms with van der Waals surface area (Å²) in [7, 11) is 1.69. The molecule has 3 aromatic rings. The number of aromatic nitrogens is 2. The zero-order valence-electron chi connectivity index (χ0n) is 14.1. The van der Waals surface area contributed by atoms with E-state index in [0.29, 0.717) is 22.5 Å². The lowest BCUT2D eigenvalue weighted by Gasteiger charge is -2.16. The Morgan fingerprint density at radius 2 is 1.84 bits per heavy atom. The van der Waals surface area contributed by atoms with Gasteiger partial charge in [-0.15, -0.1) is 0 Å². The smallest absolute Gasteiger partial charge is 0.261 e. The van der Waals surface area contributed by atoms with Crippen LogP contribution in [0.15, 0.2) is 64.5 Å². The summed E-state index contributed by atoms with van der Waals surface area (Å²) >= 11 is 1.31. The van der Waals surface area contributed by atoms with Crippen molar-refractivity contribution in [1.82, 2.24) is 9.55 Å². The van der Waals surface area contributed by atoms with Crippen LogP contribution in [-0.4, -0.2) is 20.7 Å². The van der Waals surface area contributed by atoms with Crippen molar-refractivity contribution in [2.24, 2.45) is 7.05 Å². The molecule has 0 bridgehead atoms. The maximum absolute atomic E-state index is 12.6. The summed E-state index contributed by atoms with van der Waals surface area (Å²) in [4.78, 5) is 29.6. The van der Waals surface area contributed by atoms with E-state index in [1.165, 1.54) is 16.3 Å². The van der Waals surface area contributed by atoms with Crippen LogP contribution in [0.25, 0.3) is 10.9 Å². The van der Waals surface area contributed by atoms with E-state index in [1.54, 1.807) is 13.1 Å². The number of thioether (sulfide) groups is 1. The first-order chi connectivity index (χ1) is 12.1. The third-order valence-corrected chi connectivity index (χ3v) is 5.30. The molecule has 0 spiro atoms. The fourth-order valence-electron chi connectivity index (χ4n) is 2.50. The standard InChI is InChI=1S/C19H19N3O2S/c1-3-16(17(23)20-13-9-5-4-6-10-13)25-19-21-15-12-8-7-11-14(15)18(24)22(19)2/h4-12,16H,3H2,1-2H3,(H,20,23). The molecular weight excluding hydrogens is 334 g/mol. The highest BCUT2D eigenvalue weighted by molar-refractivity contribution is 8.00. The van der Waals surface area contributed by atoms with Gasteiger partial charge in [0.1, 0.15) is 0 Å². The first-order valence-corrected chi connectivity index (χ1v) is 8.96. The Bertz CT molecular complexity index is 954. The van der Waals surface area contributed by atoms with Crippen LogP contribution in [0.4, 0.5) is 5.69 Å². The molecule has 0 aliphatic heterocycles. The number of rotatable bonds is 5. The van der Waals surface area contributed by atoms with Gasteiger partial charge in [0.05, 0.1) is 16.2 Å². The molecule has 1 unspecified atom stereocenters. The third-order valence-electron chi connectivity index (χ3n) is 3.89. The zero-order valence-corrected chi connectivity index (χ0v) is 14.9. The van der Waals surface area contributed by atoms with Gasteiger partial charge in [0, 0.05) is 12.7 Å². The molecule has 5 nitrogen and oxygen atoms in total. The normalized spacial score (nSPS) is 12.1. The van der Waals surface area contributed by atoms with Gasteiger partial charge in [0.2, 0.25) is 5.91 Å². The van der Waals surface area contributed by atoms with E-state index in [0.717, 1.165) is 5.69 Å². The minimum atomic E-state index is -0.334. The number of fused-ring (bicyclic) bond motifs is 1. The number of hydrogen-bond acceptors (Lipinski definition) is 4. The van der Waals surface area contributed by atoms with Crippen LogP contribution in [0.2, 0.25) is 0 Å². The fourth-order valence-corrected chi connectivity index (χ4v) is 3.48. The molecule has 3 rings (SSSR count). The SMILES string of the molecule is CCC(Sc1nc2ccccc2c(=O)n1C)C(=O)Nc1ccccc1. The molecule has 128 valence electrons. The summed E-state index contributed by atoms with van der Waals surface area (Å²) in [6.45, 7) is 1.95. The summed E-state index contributed by atoms with van der Waals surface area (Å²) in [6, 6.07) is 16.6. The third kappa shape index (κ3) is 3.74. The number of amides is 1. The molecule has 0 saturated carbocycles. The van der Waals surface area contributed by atoms with Gasteiger partial charge in [0.15, 0.2) is 5.16 Å². The lowest BCUT2D eigenvalue weighted by Crippen LogP contribution is -2.27. The molecule has 2 aromatic carbocycles. The van der Waals surface area contributed by atoms with Gasteiger partial charge in [-0.3, -0.25) is 14.2 Å². The predicted octanol–water partition coefficient (Wildman–Crippen LogP) is 3.44. The lowest BCUT2D eigenvalue weighted by molar-refractivity contribution is -0.115. The molecule has 1 amide bonds. The summed E-state index contributed by atoms with van der Waals surface area (Å²) in [5.74, 6) is -0.0962. The zero-order chi connectivity index (χ0) is 17.8. The predicted molar refractivity (Wildman–Crippen MR) is 102 cm³/mol. The summed E-state index contributed by atoms with van der Waals surface area (Å²) in [6.07, 6.45) is 0.631. The molecule has 0 saturated heterocycles. The first kappa shape index (κ1) is 17.2. The lowest BCUT2D eigenvalue weighted by atomic mass is 10.2. The van der Waals surface area contributed by atoms with Crippen molar-refractivity contribution in [3.8, 4) is 0 Å². The van der Waals surface area contributed by atoms with E-state index in [1.807, 2.05) is 55.5 Å². The Kier molecular flexibility index (Phi) is 5.19. The number of carbonyl (C=O) groups excluding carboxylic acids is 1. The molecule has 1 aromatic heterocycles. The average Bonchev–Trinajstić information content (AvgIpc) is 2.64. The second kappa shape index (κ2) is 7.53. The van der Waals surface area contributed by atoms with Crippen molar-refractivity contribution in [2.45, 2.75) is 23.8 Å². The van der Waals surface area contributed by atoms with Crippen LogP contribution >= 0.6 is 11.8 Å². The quantitative estimate of drug-likeness (QED) is 0.564. The highest BCUT2D eigenvalue weighted by Crippen LogP contribution is 2.25. The first-order valence-electron chi connectivity index (χ1n) is 8.08. The van der Waals surface area contributed by atoms with Gasteiger partial charge in [-0.2, -0.15) is 0 Å². The van der Waals surface area contributed by atoms with Crippen LogP contribution in [-0.2, 0) is 11.8 Å². The second-order valence-corrected chi connectivity index (χ2v) is 6.82. The van der Waals surface area contributed by atoms with E-state index >= 15 is 0 Å². The van der Waals surface area contributed by atoms with Crippen molar-refractivity contribution < 1.29 is 4.79 Å². The molecule has 0 aliphatic rings. The molecule has 0 radical (unpaired) electrons. The number of nitrogens with zero attached hydrogens (tertiary/aromatic N) is 2. The molecule has 6 heteroatoms. The minimum Gasteiger partial charge on any atom is -0.325 e. The van der Waals surface area contributed by atoms with Crippen molar-refractivity contribution in [3.05, 3.63) is 65.0 Å². The van der Waals surface area contributed by atoms with Gasteiger partial charge in [-0.05, 0) is 30.7 Å². The van der Waals surface area contributed by atoms with Crippen molar-refractivity contribution in [2.75, 3.05) is 5.32 Å². The largest absolute Gasteiger partial charge is 0.325 e. The number of carbonyl (C=O) groups is 1. The van der Waals surface area contributed by atoms with E-state index in [9.17, 15) is 9.59 Å². The van der Waals surface area contributed by atoms with Crippen LogP contribution in [0.1, 0.15) is 13.3 Å². The van der Waals surface area contributed by atoms with Crippen molar-refractivity contribution >= 4 is 34.3 Å². The second-order valence-electron chi connectivity index (χ2n) is 5.65. The molecule has 1 heterocycles. The summed E-state index contributed by atoms with van der Waals surface area (Å²) in [5.41, 5.74) is 1.30. The summed E-state index contributed by atoms with van der Waals surface area (Å²) in [5, 5.41) is 3.70. The van der Waals surface area contributed by atoms with Gasteiger partial charge >= 0.3 is 0 Å². The van der Waals surface area contributed by atoms with Crippen LogP contribution < -0.4 is 10.9 Å². The number of para-hydroxylation sites is 2. The highest BCUT2D eigenvalue weighted by atomic mass is 32.2. The maximum Gasteiger partial charge on any atom is 0.261 e. The number of hydrogen-bond donors (Lipinski definition) is 1. The van der Waals surface area contributed by atoms with Crippen LogP contribution in [0, 0.1) is 0 Å². The molecular formula is C19H19N3O2S.